The van der Waals surface area contributed by atoms with E-state index in [-0.39, 0.29) is 5.97 Å². The Morgan fingerprint density at radius 1 is 1.46 bits per heavy atom. The number of rotatable bonds is 4. The third kappa shape index (κ3) is 5.11. The molecule has 0 aliphatic carbocycles. The Kier molecular flexibility index (Phi) is 4.96. The molecular formula is C9H18N2O2. The predicted molar refractivity (Wildman–Crippen MR) is 52.1 cm³/mol. The summed E-state index contributed by atoms with van der Waals surface area (Å²) >= 11 is 0. The number of nitrogens with zero attached hydrogens (tertiary/aromatic N) is 1. The lowest BCUT2D eigenvalue weighted by Crippen LogP contribution is -2.31. The summed E-state index contributed by atoms with van der Waals surface area (Å²) in [6.07, 6.45) is 1.43. The van der Waals surface area contributed by atoms with E-state index in [0.29, 0.717) is 6.04 Å². The number of esters is 1. The zero-order valence-corrected chi connectivity index (χ0v) is 8.92. The van der Waals surface area contributed by atoms with Crippen molar-refractivity contribution in [3.05, 3.63) is 11.9 Å². The van der Waals surface area contributed by atoms with E-state index in [0.717, 1.165) is 5.82 Å². The minimum absolute atomic E-state index is 0.290. The van der Waals surface area contributed by atoms with Gasteiger partial charge in [-0.15, -0.1) is 0 Å². The highest BCUT2D eigenvalue weighted by Crippen LogP contribution is 1.96. The summed E-state index contributed by atoms with van der Waals surface area (Å²) in [7, 11) is 5.09. The molecule has 0 atom stereocenters. The summed E-state index contributed by atoms with van der Waals surface area (Å²) in [4.78, 5) is 12.8. The van der Waals surface area contributed by atoms with E-state index in [2.05, 4.69) is 10.1 Å². The molecule has 76 valence electrons. The highest BCUT2D eigenvalue weighted by molar-refractivity contribution is 5.82. The average Bonchev–Trinajstić information content (AvgIpc) is 2.02. The van der Waals surface area contributed by atoms with E-state index in [4.69, 9.17) is 0 Å². The van der Waals surface area contributed by atoms with Crippen molar-refractivity contribution >= 4 is 5.97 Å². The topological polar surface area (TPSA) is 41.6 Å². The van der Waals surface area contributed by atoms with Crippen LogP contribution in [0.4, 0.5) is 0 Å². The molecule has 0 heterocycles. The molecule has 0 fully saturated rings. The van der Waals surface area contributed by atoms with Crippen LogP contribution < -0.4 is 5.32 Å². The minimum Gasteiger partial charge on any atom is -0.466 e. The van der Waals surface area contributed by atoms with Gasteiger partial charge in [0.25, 0.3) is 0 Å². The SMILES string of the molecule is COC(=O)/C=C(/NC(C)C)N(C)C. The average molecular weight is 186 g/mol. The van der Waals surface area contributed by atoms with Crippen LogP contribution in [0.5, 0.6) is 0 Å². The first-order valence-electron chi connectivity index (χ1n) is 4.21. The van der Waals surface area contributed by atoms with Crippen LogP contribution >= 0.6 is 0 Å². The van der Waals surface area contributed by atoms with Crippen LogP contribution in [0, 0.1) is 0 Å². The van der Waals surface area contributed by atoms with Gasteiger partial charge in [0.05, 0.1) is 13.2 Å². The Labute approximate surface area is 79.6 Å². The Hall–Kier alpha value is -1.19. The monoisotopic (exact) mass is 186 g/mol. The molecule has 0 aliphatic heterocycles. The molecule has 4 heteroatoms. The molecule has 0 aromatic rings. The van der Waals surface area contributed by atoms with Crippen molar-refractivity contribution in [2.75, 3.05) is 21.2 Å². The fourth-order valence-corrected chi connectivity index (χ4v) is 0.766. The normalized spacial score (nSPS) is 11.4. The molecule has 0 radical (unpaired) electrons. The van der Waals surface area contributed by atoms with Crippen molar-refractivity contribution in [1.82, 2.24) is 10.2 Å². The summed E-state index contributed by atoms with van der Waals surface area (Å²) in [5.41, 5.74) is 0. The summed E-state index contributed by atoms with van der Waals surface area (Å²) in [6.45, 7) is 4.02. The molecule has 13 heavy (non-hydrogen) atoms. The van der Waals surface area contributed by atoms with E-state index in [1.54, 1.807) is 0 Å². The standard InChI is InChI=1S/C9H18N2O2/c1-7(2)10-8(11(3)4)6-9(12)13-5/h6-7,10H,1-5H3/b8-6-. The number of nitrogens with one attached hydrogen (secondary N) is 1. The van der Waals surface area contributed by atoms with Gasteiger partial charge in [0.2, 0.25) is 0 Å². The molecule has 1 N–H and O–H groups in total. The maximum Gasteiger partial charge on any atom is 0.334 e. The van der Waals surface area contributed by atoms with Gasteiger partial charge in [0.15, 0.2) is 0 Å². The second-order valence-electron chi connectivity index (χ2n) is 3.25. The van der Waals surface area contributed by atoms with Crippen LogP contribution in [-0.4, -0.2) is 38.1 Å². The van der Waals surface area contributed by atoms with Crippen molar-refractivity contribution in [2.45, 2.75) is 19.9 Å². The van der Waals surface area contributed by atoms with E-state index in [1.807, 2.05) is 32.8 Å². The van der Waals surface area contributed by atoms with Crippen molar-refractivity contribution in [3.63, 3.8) is 0 Å². The van der Waals surface area contributed by atoms with Crippen LogP contribution in [0.3, 0.4) is 0 Å². The molecular weight excluding hydrogens is 168 g/mol. The van der Waals surface area contributed by atoms with Crippen LogP contribution in [0.25, 0.3) is 0 Å². The van der Waals surface area contributed by atoms with Crippen LogP contribution in [-0.2, 0) is 9.53 Å². The molecule has 0 aromatic carbocycles. The summed E-state index contributed by atoms with van der Waals surface area (Å²) in [6, 6.07) is 0.290. The predicted octanol–water partition coefficient (Wildman–Crippen LogP) is 0.560. The van der Waals surface area contributed by atoms with E-state index < -0.39 is 0 Å². The maximum absolute atomic E-state index is 10.9. The van der Waals surface area contributed by atoms with Gasteiger partial charge in [0.1, 0.15) is 5.82 Å². The van der Waals surface area contributed by atoms with Crippen molar-refractivity contribution in [1.29, 1.82) is 0 Å². The van der Waals surface area contributed by atoms with Gasteiger partial charge in [-0.3, -0.25) is 0 Å². The molecule has 0 saturated heterocycles. The highest BCUT2D eigenvalue weighted by Gasteiger charge is 2.04. The lowest BCUT2D eigenvalue weighted by Gasteiger charge is -2.20. The van der Waals surface area contributed by atoms with Gasteiger partial charge in [-0.1, -0.05) is 0 Å². The van der Waals surface area contributed by atoms with Crippen molar-refractivity contribution < 1.29 is 9.53 Å². The summed E-state index contributed by atoms with van der Waals surface area (Å²) in [5, 5.41) is 3.13. The first-order chi connectivity index (χ1) is 5.97. The third-order valence-corrected chi connectivity index (χ3v) is 1.37. The minimum atomic E-state index is -0.350. The van der Waals surface area contributed by atoms with Crippen LogP contribution in [0.1, 0.15) is 13.8 Å². The molecule has 0 bridgehead atoms. The molecule has 0 aromatic heterocycles. The Balaban J connectivity index is 4.41. The summed E-state index contributed by atoms with van der Waals surface area (Å²) < 4.78 is 4.53. The van der Waals surface area contributed by atoms with Gasteiger partial charge >= 0.3 is 5.97 Å². The molecule has 4 nitrogen and oxygen atoms in total. The number of carbonyl (C=O) groups is 1. The molecule has 0 unspecified atom stereocenters. The largest absolute Gasteiger partial charge is 0.466 e. The lowest BCUT2D eigenvalue weighted by molar-refractivity contribution is -0.135. The lowest BCUT2D eigenvalue weighted by atomic mass is 10.4. The van der Waals surface area contributed by atoms with Crippen molar-refractivity contribution in [3.8, 4) is 0 Å². The second kappa shape index (κ2) is 5.45. The van der Waals surface area contributed by atoms with Gasteiger partial charge in [-0.2, -0.15) is 0 Å². The molecule has 0 rings (SSSR count). The highest BCUT2D eigenvalue weighted by atomic mass is 16.5. The Bertz CT molecular complexity index is 198. The third-order valence-electron chi connectivity index (χ3n) is 1.37. The van der Waals surface area contributed by atoms with Crippen molar-refractivity contribution in [2.24, 2.45) is 0 Å². The zero-order chi connectivity index (χ0) is 10.4. The molecule has 0 aliphatic rings. The van der Waals surface area contributed by atoms with E-state index in [1.165, 1.54) is 13.2 Å². The summed E-state index contributed by atoms with van der Waals surface area (Å²) in [5.74, 6) is 0.402. The smallest absolute Gasteiger partial charge is 0.334 e. The van der Waals surface area contributed by atoms with E-state index >= 15 is 0 Å². The maximum atomic E-state index is 10.9. The number of ether oxygens (including phenoxy) is 1. The first-order valence-corrected chi connectivity index (χ1v) is 4.21. The fraction of sp³-hybridized carbons (Fsp3) is 0.667. The van der Waals surface area contributed by atoms with Gasteiger partial charge in [-0.25, -0.2) is 4.79 Å². The first kappa shape index (κ1) is 11.8. The quantitative estimate of drug-likeness (QED) is 0.514. The molecule has 0 saturated carbocycles. The fourth-order valence-electron chi connectivity index (χ4n) is 0.766. The van der Waals surface area contributed by atoms with Gasteiger partial charge in [0, 0.05) is 20.1 Å². The number of hydrogen-bond donors (Lipinski definition) is 1. The van der Waals surface area contributed by atoms with Crippen LogP contribution in [0.2, 0.25) is 0 Å². The van der Waals surface area contributed by atoms with Crippen LogP contribution in [0.15, 0.2) is 11.9 Å². The Morgan fingerprint density at radius 3 is 2.31 bits per heavy atom. The Morgan fingerprint density at radius 2 is 2.00 bits per heavy atom. The van der Waals surface area contributed by atoms with E-state index in [9.17, 15) is 4.79 Å². The number of carbonyl (C=O) groups excluding carboxylic acids is 1. The van der Waals surface area contributed by atoms with Gasteiger partial charge < -0.3 is 15.0 Å². The zero-order valence-electron chi connectivity index (χ0n) is 8.92. The number of methoxy groups -OCH3 is 1. The second-order valence-corrected chi connectivity index (χ2v) is 3.25. The van der Waals surface area contributed by atoms with Gasteiger partial charge in [-0.05, 0) is 13.8 Å². The molecule has 0 amide bonds. The number of hydrogen-bond acceptors (Lipinski definition) is 4. The molecule has 0 spiro atoms.